The van der Waals surface area contributed by atoms with Gasteiger partial charge in [0.2, 0.25) is 0 Å². The number of nitrogens with zero attached hydrogens (tertiary/aromatic N) is 2. The summed E-state index contributed by atoms with van der Waals surface area (Å²) in [4.78, 5) is 0. The number of aromatic nitrogens is 2. The summed E-state index contributed by atoms with van der Waals surface area (Å²) in [5.74, 6) is 0.636. The molecule has 0 unspecified atom stereocenters. The van der Waals surface area contributed by atoms with E-state index < -0.39 is 0 Å². The van der Waals surface area contributed by atoms with E-state index in [4.69, 9.17) is 47.0 Å². The molecule has 0 radical (unpaired) electrons. The lowest BCUT2D eigenvalue weighted by molar-refractivity contribution is 0.668. The van der Waals surface area contributed by atoms with Crippen molar-refractivity contribution in [3.8, 4) is 0 Å². The molecular formula is C18H15Cl3N4S. The number of halogens is 3. The van der Waals surface area contributed by atoms with Gasteiger partial charge in [-0.05, 0) is 49.0 Å². The Balaban J connectivity index is 1.69. The van der Waals surface area contributed by atoms with Gasteiger partial charge in [-0.1, -0.05) is 53.0 Å². The van der Waals surface area contributed by atoms with Crippen molar-refractivity contribution < 1.29 is 0 Å². The van der Waals surface area contributed by atoms with E-state index in [1.165, 1.54) is 0 Å². The largest absolute Gasteiger partial charge is 0.331 e. The molecule has 2 N–H and O–H groups in total. The van der Waals surface area contributed by atoms with Crippen LogP contribution in [0.2, 0.25) is 15.1 Å². The lowest BCUT2D eigenvalue weighted by Crippen LogP contribution is -2.19. The summed E-state index contributed by atoms with van der Waals surface area (Å²) in [7, 11) is 0. The van der Waals surface area contributed by atoms with E-state index in [2.05, 4.69) is 15.7 Å². The quantitative estimate of drug-likeness (QED) is 0.502. The van der Waals surface area contributed by atoms with E-state index in [0.717, 1.165) is 11.3 Å². The van der Waals surface area contributed by atoms with E-state index in [-0.39, 0.29) is 0 Å². The number of nitrogens with one attached hydrogen (secondary N) is 2. The van der Waals surface area contributed by atoms with Crippen LogP contribution in [0.25, 0.3) is 0 Å². The van der Waals surface area contributed by atoms with E-state index in [0.29, 0.717) is 38.2 Å². The first-order valence-electron chi connectivity index (χ1n) is 7.73. The molecule has 3 rings (SSSR count). The number of thiocarbonyl (C=S) groups is 1. The van der Waals surface area contributed by atoms with E-state index >= 15 is 0 Å². The molecule has 3 aromatic rings. The fourth-order valence-corrected chi connectivity index (χ4v) is 3.25. The Hall–Kier alpha value is -1.79. The third-order valence-corrected chi connectivity index (χ3v) is 4.80. The van der Waals surface area contributed by atoms with Crippen LogP contribution in [0.3, 0.4) is 0 Å². The molecule has 1 aromatic heterocycles. The van der Waals surface area contributed by atoms with Gasteiger partial charge < -0.3 is 10.6 Å². The normalized spacial score (nSPS) is 10.6. The van der Waals surface area contributed by atoms with Gasteiger partial charge >= 0.3 is 0 Å². The van der Waals surface area contributed by atoms with Crippen molar-refractivity contribution in [1.82, 2.24) is 9.78 Å². The Labute approximate surface area is 172 Å². The Bertz CT molecular complexity index is 955. The number of rotatable bonds is 4. The second-order valence-electron chi connectivity index (χ2n) is 5.62. The minimum atomic E-state index is 0.386. The van der Waals surface area contributed by atoms with Gasteiger partial charge in [-0.3, -0.25) is 4.68 Å². The Kier molecular flexibility index (Phi) is 6.04. The summed E-state index contributed by atoms with van der Waals surface area (Å²) in [6.07, 6.45) is 0. The van der Waals surface area contributed by atoms with Crippen LogP contribution >= 0.6 is 47.0 Å². The molecule has 0 spiro atoms. The third-order valence-electron chi connectivity index (χ3n) is 3.68. The smallest absolute Gasteiger partial charge is 0.176 e. The molecule has 0 aliphatic heterocycles. The highest BCUT2D eigenvalue weighted by Gasteiger charge is 2.09. The lowest BCUT2D eigenvalue weighted by atomic mass is 10.2. The van der Waals surface area contributed by atoms with Crippen LogP contribution < -0.4 is 10.6 Å². The maximum atomic E-state index is 6.22. The third kappa shape index (κ3) is 4.68. The molecule has 0 fully saturated rings. The SMILES string of the molecule is Cc1cc(NC(=S)Nc2ccc(Cl)cc2Cl)nn1Cc1ccccc1Cl. The van der Waals surface area contributed by atoms with E-state index in [1.807, 2.05) is 41.9 Å². The van der Waals surface area contributed by atoms with Gasteiger partial charge in [-0.15, -0.1) is 0 Å². The van der Waals surface area contributed by atoms with Crippen LogP contribution in [0.5, 0.6) is 0 Å². The molecule has 0 saturated heterocycles. The minimum absolute atomic E-state index is 0.386. The molecule has 0 atom stereocenters. The number of hydrogen-bond acceptors (Lipinski definition) is 2. The second kappa shape index (κ2) is 8.27. The standard InChI is InChI=1S/C18H15Cl3N4S/c1-11-8-17(24-25(11)10-12-4-2-3-5-14(12)20)23-18(26)22-16-7-6-13(19)9-15(16)21/h2-9H,10H2,1H3,(H2,22,23,24,26). The predicted octanol–water partition coefficient (Wildman–Crippen LogP) is 6.01. The van der Waals surface area contributed by atoms with Gasteiger partial charge in [0.15, 0.2) is 10.9 Å². The van der Waals surface area contributed by atoms with Crippen LogP contribution in [-0.4, -0.2) is 14.9 Å². The van der Waals surface area contributed by atoms with Crippen LogP contribution in [0.15, 0.2) is 48.5 Å². The second-order valence-corrected chi connectivity index (χ2v) is 7.28. The van der Waals surface area contributed by atoms with Gasteiger partial charge in [-0.25, -0.2) is 0 Å². The molecule has 0 bridgehead atoms. The maximum Gasteiger partial charge on any atom is 0.176 e. The summed E-state index contributed by atoms with van der Waals surface area (Å²) >= 11 is 23.6. The van der Waals surface area contributed by atoms with Gasteiger partial charge in [0, 0.05) is 21.8 Å². The van der Waals surface area contributed by atoms with Crippen molar-refractivity contribution in [2.24, 2.45) is 0 Å². The fraction of sp³-hybridized carbons (Fsp3) is 0.111. The molecule has 134 valence electrons. The first kappa shape index (κ1) is 19.0. The molecule has 2 aromatic carbocycles. The summed E-state index contributed by atoms with van der Waals surface area (Å²) < 4.78 is 1.86. The van der Waals surface area contributed by atoms with Crippen LogP contribution in [0, 0.1) is 6.92 Å². The predicted molar refractivity (Wildman–Crippen MR) is 114 cm³/mol. The first-order valence-corrected chi connectivity index (χ1v) is 9.27. The zero-order valence-corrected chi connectivity index (χ0v) is 16.8. The highest BCUT2D eigenvalue weighted by molar-refractivity contribution is 7.80. The Morgan fingerprint density at radius 2 is 1.81 bits per heavy atom. The molecule has 26 heavy (non-hydrogen) atoms. The molecule has 0 aliphatic rings. The van der Waals surface area contributed by atoms with Gasteiger partial charge in [0.25, 0.3) is 0 Å². The van der Waals surface area contributed by atoms with Crippen LogP contribution in [0.1, 0.15) is 11.3 Å². The van der Waals surface area contributed by atoms with Crippen molar-refractivity contribution >= 4 is 63.6 Å². The summed E-state index contributed by atoms with van der Waals surface area (Å²) in [5, 5.41) is 12.8. The maximum absolute atomic E-state index is 6.22. The highest BCUT2D eigenvalue weighted by atomic mass is 35.5. The van der Waals surface area contributed by atoms with Crippen molar-refractivity contribution in [3.05, 3.63) is 74.9 Å². The summed E-state index contributed by atoms with van der Waals surface area (Å²) in [6, 6.07) is 14.8. The Morgan fingerprint density at radius 1 is 1.04 bits per heavy atom. The minimum Gasteiger partial charge on any atom is -0.331 e. The number of benzene rings is 2. The van der Waals surface area contributed by atoms with Crippen molar-refractivity contribution in [1.29, 1.82) is 0 Å². The molecule has 1 heterocycles. The number of hydrogen-bond donors (Lipinski definition) is 2. The molecule has 0 aliphatic carbocycles. The average Bonchev–Trinajstić information content (AvgIpc) is 2.91. The Morgan fingerprint density at radius 3 is 2.54 bits per heavy atom. The van der Waals surface area contributed by atoms with Gasteiger partial charge in [0.05, 0.1) is 17.3 Å². The molecule has 4 nitrogen and oxygen atoms in total. The topological polar surface area (TPSA) is 41.9 Å². The van der Waals surface area contributed by atoms with E-state index in [1.54, 1.807) is 18.2 Å². The monoisotopic (exact) mass is 424 g/mol. The molecular weight excluding hydrogens is 411 g/mol. The summed E-state index contributed by atoms with van der Waals surface area (Å²) in [5.41, 5.74) is 2.65. The zero-order valence-electron chi connectivity index (χ0n) is 13.8. The van der Waals surface area contributed by atoms with Gasteiger partial charge in [0.1, 0.15) is 0 Å². The highest BCUT2D eigenvalue weighted by Crippen LogP contribution is 2.25. The van der Waals surface area contributed by atoms with Crippen LogP contribution in [-0.2, 0) is 6.54 Å². The zero-order chi connectivity index (χ0) is 18.7. The number of anilines is 2. The number of aryl methyl sites for hydroxylation is 1. The fourth-order valence-electron chi connectivity index (χ4n) is 2.38. The molecule has 0 saturated carbocycles. The first-order chi connectivity index (χ1) is 12.4. The van der Waals surface area contributed by atoms with Gasteiger partial charge in [-0.2, -0.15) is 5.10 Å². The molecule has 8 heteroatoms. The molecule has 0 amide bonds. The summed E-state index contributed by atoms with van der Waals surface area (Å²) in [6.45, 7) is 2.55. The van der Waals surface area contributed by atoms with Crippen molar-refractivity contribution in [2.75, 3.05) is 10.6 Å². The average molecular weight is 426 g/mol. The lowest BCUT2D eigenvalue weighted by Gasteiger charge is -2.10. The van der Waals surface area contributed by atoms with Crippen LogP contribution in [0.4, 0.5) is 11.5 Å². The van der Waals surface area contributed by atoms with Crippen molar-refractivity contribution in [2.45, 2.75) is 13.5 Å². The van der Waals surface area contributed by atoms with E-state index in [9.17, 15) is 0 Å². The van der Waals surface area contributed by atoms with Crippen molar-refractivity contribution in [3.63, 3.8) is 0 Å².